The zero-order valence-electron chi connectivity index (χ0n) is 5.32. The lowest BCUT2D eigenvalue weighted by atomic mass is 9.99. The number of rotatable bonds is 1. The Hall–Kier alpha value is -1.25. The van der Waals surface area contributed by atoms with E-state index in [1.165, 1.54) is 6.08 Å². The van der Waals surface area contributed by atoms with Crippen molar-refractivity contribution in [2.75, 3.05) is 0 Å². The number of hydrogen-bond acceptors (Lipinski definition) is 3. The summed E-state index contributed by atoms with van der Waals surface area (Å²) in [5.41, 5.74) is 0. The molecule has 0 aliphatic heterocycles. The first-order valence-electron chi connectivity index (χ1n) is 2.99. The minimum absolute atomic E-state index is 0.205. The van der Waals surface area contributed by atoms with Crippen LogP contribution in [0.5, 0.6) is 0 Å². The van der Waals surface area contributed by atoms with E-state index >= 15 is 0 Å². The molecular weight excluding hydrogens is 132 g/mol. The van der Waals surface area contributed by atoms with E-state index in [1.54, 1.807) is 6.08 Å². The van der Waals surface area contributed by atoms with Crippen LogP contribution in [0.15, 0.2) is 23.7 Å². The number of aliphatic hydroxyl groups is 2. The van der Waals surface area contributed by atoms with Crippen molar-refractivity contribution in [3.63, 3.8) is 0 Å². The Balaban J connectivity index is 2.86. The number of aldehydes is 1. The average molecular weight is 140 g/mol. The predicted molar refractivity (Wildman–Crippen MR) is 35.6 cm³/mol. The Morgan fingerprint density at radius 2 is 2.30 bits per heavy atom. The van der Waals surface area contributed by atoms with Crippen LogP contribution >= 0.6 is 0 Å². The second-order valence-corrected chi connectivity index (χ2v) is 2.15. The Bertz CT molecular complexity index is 203. The SMILES string of the molecule is O=CC1CC=CC(O)=C1O. The van der Waals surface area contributed by atoms with Gasteiger partial charge in [-0.2, -0.15) is 0 Å². The van der Waals surface area contributed by atoms with Gasteiger partial charge < -0.3 is 15.0 Å². The molecule has 0 fully saturated rings. The van der Waals surface area contributed by atoms with E-state index in [2.05, 4.69) is 0 Å². The van der Waals surface area contributed by atoms with Crippen LogP contribution in [0.4, 0.5) is 0 Å². The molecule has 0 aromatic heterocycles. The molecule has 3 heteroatoms. The molecule has 0 spiro atoms. The van der Waals surface area contributed by atoms with Crippen LogP contribution in [0.25, 0.3) is 0 Å². The highest BCUT2D eigenvalue weighted by Crippen LogP contribution is 2.19. The monoisotopic (exact) mass is 140 g/mol. The molecule has 0 heterocycles. The Kier molecular flexibility index (Phi) is 1.76. The number of carbonyl (C=O) groups is 1. The average Bonchev–Trinajstić information content (AvgIpc) is 1.95. The quantitative estimate of drug-likeness (QED) is 0.536. The molecule has 54 valence electrons. The highest BCUT2D eigenvalue weighted by molar-refractivity contribution is 5.59. The normalized spacial score (nSPS) is 25.0. The smallest absolute Gasteiger partial charge is 0.153 e. The van der Waals surface area contributed by atoms with Gasteiger partial charge in [0.05, 0.1) is 5.92 Å². The van der Waals surface area contributed by atoms with Crippen molar-refractivity contribution < 1.29 is 15.0 Å². The Morgan fingerprint density at radius 1 is 1.60 bits per heavy atom. The van der Waals surface area contributed by atoms with Crippen LogP contribution in [0, 0.1) is 5.92 Å². The van der Waals surface area contributed by atoms with Crippen molar-refractivity contribution in [2.45, 2.75) is 6.42 Å². The summed E-state index contributed by atoms with van der Waals surface area (Å²) in [7, 11) is 0. The summed E-state index contributed by atoms with van der Waals surface area (Å²) < 4.78 is 0. The number of allylic oxidation sites excluding steroid dienone is 3. The van der Waals surface area contributed by atoms with Gasteiger partial charge in [-0.05, 0) is 12.5 Å². The first-order valence-corrected chi connectivity index (χ1v) is 2.99. The first kappa shape index (κ1) is 6.86. The highest BCUT2D eigenvalue weighted by atomic mass is 16.3. The van der Waals surface area contributed by atoms with Crippen molar-refractivity contribution in [2.24, 2.45) is 5.92 Å². The van der Waals surface area contributed by atoms with Crippen molar-refractivity contribution in [1.82, 2.24) is 0 Å². The molecule has 0 bridgehead atoms. The molecule has 0 radical (unpaired) electrons. The molecule has 1 atom stereocenters. The van der Waals surface area contributed by atoms with Crippen molar-refractivity contribution in [1.29, 1.82) is 0 Å². The molecule has 1 aliphatic carbocycles. The van der Waals surface area contributed by atoms with Gasteiger partial charge in [-0.15, -0.1) is 0 Å². The Labute approximate surface area is 58.3 Å². The lowest BCUT2D eigenvalue weighted by Gasteiger charge is -2.11. The molecular formula is C7H8O3. The minimum atomic E-state index is -0.551. The van der Waals surface area contributed by atoms with Crippen LogP contribution in [-0.4, -0.2) is 16.5 Å². The fourth-order valence-corrected chi connectivity index (χ4v) is 0.833. The third-order valence-corrected chi connectivity index (χ3v) is 1.44. The van der Waals surface area contributed by atoms with E-state index in [0.29, 0.717) is 12.7 Å². The van der Waals surface area contributed by atoms with E-state index in [1.807, 2.05) is 0 Å². The molecule has 2 N–H and O–H groups in total. The summed E-state index contributed by atoms with van der Waals surface area (Å²) >= 11 is 0. The zero-order valence-corrected chi connectivity index (χ0v) is 5.32. The standard InChI is InChI=1S/C7H8O3/c8-4-5-2-1-3-6(9)7(5)10/h1,3-5,9-10H,2H2. The lowest BCUT2D eigenvalue weighted by Crippen LogP contribution is -2.09. The van der Waals surface area contributed by atoms with Gasteiger partial charge in [0, 0.05) is 0 Å². The van der Waals surface area contributed by atoms with Gasteiger partial charge in [-0.25, -0.2) is 0 Å². The molecule has 0 amide bonds. The van der Waals surface area contributed by atoms with Crippen LogP contribution < -0.4 is 0 Å². The van der Waals surface area contributed by atoms with Crippen LogP contribution in [0.2, 0.25) is 0 Å². The van der Waals surface area contributed by atoms with Gasteiger partial charge in [0.15, 0.2) is 5.76 Å². The van der Waals surface area contributed by atoms with Crippen molar-refractivity contribution >= 4 is 6.29 Å². The second-order valence-electron chi connectivity index (χ2n) is 2.15. The fourth-order valence-electron chi connectivity index (χ4n) is 0.833. The summed E-state index contributed by atoms with van der Waals surface area (Å²) in [5.74, 6) is -0.981. The van der Waals surface area contributed by atoms with Crippen LogP contribution in [0.1, 0.15) is 6.42 Å². The molecule has 0 aromatic carbocycles. The van der Waals surface area contributed by atoms with Crippen molar-refractivity contribution in [3.8, 4) is 0 Å². The van der Waals surface area contributed by atoms with Gasteiger partial charge in [0.25, 0.3) is 0 Å². The van der Waals surface area contributed by atoms with E-state index in [4.69, 9.17) is 10.2 Å². The second kappa shape index (κ2) is 2.56. The maximum absolute atomic E-state index is 10.2. The maximum atomic E-state index is 10.2. The van der Waals surface area contributed by atoms with E-state index in [-0.39, 0.29) is 11.5 Å². The summed E-state index contributed by atoms with van der Waals surface area (Å²) in [6.45, 7) is 0. The number of hydrogen-bond donors (Lipinski definition) is 2. The Morgan fingerprint density at radius 3 is 2.80 bits per heavy atom. The topological polar surface area (TPSA) is 57.5 Å². The van der Waals surface area contributed by atoms with Gasteiger partial charge in [-0.1, -0.05) is 6.08 Å². The maximum Gasteiger partial charge on any atom is 0.153 e. The fraction of sp³-hybridized carbons (Fsp3) is 0.286. The summed E-state index contributed by atoms with van der Waals surface area (Å²) in [5, 5.41) is 17.8. The molecule has 0 aromatic rings. The van der Waals surface area contributed by atoms with E-state index in [9.17, 15) is 4.79 Å². The third-order valence-electron chi connectivity index (χ3n) is 1.44. The molecule has 1 aliphatic rings. The van der Waals surface area contributed by atoms with E-state index < -0.39 is 5.92 Å². The van der Waals surface area contributed by atoms with Gasteiger partial charge >= 0.3 is 0 Å². The minimum Gasteiger partial charge on any atom is -0.508 e. The summed E-state index contributed by atoms with van der Waals surface area (Å²) in [6, 6.07) is 0. The summed E-state index contributed by atoms with van der Waals surface area (Å²) in [4.78, 5) is 10.2. The highest BCUT2D eigenvalue weighted by Gasteiger charge is 2.17. The first-order chi connectivity index (χ1) is 4.75. The molecule has 3 nitrogen and oxygen atoms in total. The van der Waals surface area contributed by atoms with E-state index in [0.717, 1.165) is 0 Å². The van der Waals surface area contributed by atoms with Crippen LogP contribution in [-0.2, 0) is 4.79 Å². The third kappa shape index (κ3) is 1.03. The molecule has 1 unspecified atom stereocenters. The number of carbonyl (C=O) groups excluding carboxylic acids is 1. The largest absolute Gasteiger partial charge is 0.508 e. The molecule has 1 rings (SSSR count). The molecule has 0 saturated carbocycles. The summed E-state index contributed by atoms with van der Waals surface area (Å²) in [6.07, 6.45) is 4.12. The van der Waals surface area contributed by atoms with Gasteiger partial charge in [0.2, 0.25) is 0 Å². The molecule has 0 saturated heterocycles. The zero-order chi connectivity index (χ0) is 7.56. The molecule has 10 heavy (non-hydrogen) atoms. The van der Waals surface area contributed by atoms with Crippen molar-refractivity contribution in [3.05, 3.63) is 23.7 Å². The van der Waals surface area contributed by atoms with Crippen LogP contribution in [0.3, 0.4) is 0 Å². The van der Waals surface area contributed by atoms with Gasteiger partial charge in [0.1, 0.15) is 12.0 Å². The van der Waals surface area contributed by atoms with Gasteiger partial charge in [-0.3, -0.25) is 0 Å². The lowest BCUT2D eigenvalue weighted by molar-refractivity contribution is -0.110. The number of aliphatic hydroxyl groups excluding tert-OH is 2. The predicted octanol–water partition coefficient (Wildman–Crippen LogP) is 1.09.